The predicted molar refractivity (Wildman–Crippen MR) is 125 cm³/mol. The molecule has 3 aromatic rings. The Morgan fingerprint density at radius 2 is 1.47 bits per heavy atom. The predicted octanol–water partition coefficient (Wildman–Crippen LogP) is 4.64. The van der Waals surface area contributed by atoms with Gasteiger partial charge in [0.2, 0.25) is 10.0 Å². The fourth-order valence-corrected chi connectivity index (χ4v) is 4.45. The van der Waals surface area contributed by atoms with Crippen LogP contribution in [0.4, 0.5) is 0 Å². The van der Waals surface area contributed by atoms with Gasteiger partial charge in [0.1, 0.15) is 5.75 Å². The Labute approximate surface area is 193 Å². The average Bonchev–Trinajstić information content (AvgIpc) is 2.78. The van der Waals surface area contributed by atoms with Crippen LogP contribution in [0.1, 0.15) is 37.1 Å². The zero-order valence-corrected chi connectivity index (χ0v) is 19.4. The highest BCUT2D eigenvalue weighted by Crippen LogP contribution is 2.20. The summed E-state index contributed by atoms with van der Waals surface area (Å²) in [5, 5.41) is 3.48. The van der Waals surface area contributed by atoms with Crippen molar-refractivity contribution in [2.45, 2.75) is 30.8 Å². The second-order valence-corrected chi connectivity index (χ2v) is 9.50. The van der Waals surface area contributed by atoms with E-state index in [0.29, 0.717) is 10.8 Å². The van der Waals surface area contributed by atoms with Crippen molar-refractivity contribution in [1.82, 2.24) is 10.0 Å². The van der Waals surface area contributed by atoms with Gasteiger partial charge in [0.15, 0.2) is 6.61 Å². The largest absolute Gasteiger partial charge is 0.484 e. The van der Waals surface area contributed by atoms with Crippen molar-refractivity contribution in [3.8, 4) is 5.75 Å². The monoisotopic (exact) mass is 472 g/mol. The van der Waals surface area contributed by atoms with Crippen molar-refractivity contribution >= 4 is 27.5 Å². The van der Waals surface area contributed by atoms with Crippen molar-refractivity contribution in [3.05, 3.63) is 95.0 Å². The van der Waals surface area contributed by atoms with E-state index in [1.807, 2.05) is 49.4 Å². The van der Waals surface area contributed by atoms with E-state index >= 15 is 0 Å². The summed E-state index contributed by atoms with van der Waals surface area (Å²) in [7, 11) is -3.70. The van der Waals surface area contributed by atoms with E-state index in [0.717, 1.165) is 11.1 Å². The molecule has 2 N–H and O–H groups in total. The molecule has 168 valence electrons. The van der Waals surface area contributed by atoms with Crippen LogP contribution in [0, 0.1) is 0 Å². The first-order valence-electron chi connectivity index (χ1n) is 10.1. The highest BCUT2D eigenvalue weighted by atomic mass is 35.5. The van der Waals surface area contributed by atoms with Gasteiger partial charge < -0.3 is 10.1 Å². The molecule has 2 atom stereocenters. The molecular weight excluding hydrogens is 448 g/mol. The molecule has 0 saturated carbocycles. The summed E-state index contributed by atoms with van der Waals surface area (Å²) in [5.74, 6) is 0.108. The number of nitrogens with one attached hydrogen (secondary N) is 2. The van der Waals surface area contributed by atoms with Crippen LogP contribution in [0.5, 0.6) is 5.75 Å². The first-order chi connectivity index (χ1) is 15.2. The van der Waals surface area contributed by atoms with Crippen LogP contribution >= 0.6 is 11.6 Å². The van der Waals surface area contributed by atoms with Gasteiger partial charge in [-0.15, -0.1) is 0 Å². The normalized spacial score (nSPS) is 13.2. The number of halogens is 1. The van der Waals surface area contributed by atoms with Crippen molar-refractivity contribution in [1.29, 1.82) is 0 Å². The van der Waals surface area contributed by atoms with E-state index in [-0.39, 0.29) is 29.5 Å². The molecule has 8 heteroatoms. The van der Waals surface area contributed by atoms with Gasteiger partial charge in [0.05, 0.1) is 10.9 Å². The van der Waals surface area contributed by atoms with Crippen LogP contribution in [-0.2, 0) is 14.8 Å². The summed E-state index contributed by atoms with van der Waals surface area (Å²) in [6, 6.07) is 21.9. The van der Waals surface area contributed by atoms with Crippen LogP contribution in [-0.4, -0.2) is 20.9 Å². The molecule has 0 radical (unpaired) electrons. The summed E-state index contributed by atoms with van der Waals surface area (Å²) in [6.45, 7) is 3.46. The summed E-state index contributed by atoms with van der Waals surface area (Å²) in [5.41, 5.74) is 1.80. The first-order valence-corrected chi connectivity index (χ1v) is 12.0. The zero-order valence-electron chi connectivity index (χ0n) is 17.8. The van der Waals surface area contributed by atoms with Gasteiger partial charge in [-0.3, -0.25) is 4.79 Å². The topological polar surface area (TPSA) is 84.5 Å². The minimum Gasteiger partial charge on any atom is -0.484 e. The molecule has 1 amide bonds. The Balaban J connectivity index is 1.53. The molecule has 0 spiro atoms. The van der Waals surface area contributed by atoms with Crippen LogP contribution < -0.4 is 14.8 Å². The second kappa shape index (κ2) is 10.6. The average molecular weight is 473 g/mol. The van der Waals surface area contributed by atoms with Gasteiger partial charge in [-0.25, -0.2) is 13.1 Å². The molecule has 3 rings (SSSR count). The molecule has 6 nitrogen and oxygen atoms in total. The molecule has 0 heterocycles. The van der Waals surface area contributed by atoms with Gasteiger partial charge in [-0.1, -0.05) is 54.1 Å². The number of rotatable bonds is 9. The van der Waals surface area contributed by atoms with Crippen molar-refractivity contribution in [3.63, 3.8) is 0 Å². The van der Waals surface area contributed by atoms with Crippen LogP contribution in [0.25, 0.3) is 0 Å². The summed E-state index contributed by atoms with van der Waals surface area (Å²) in [4.78, 5) is 12.3. The van der Waals surface area contributed by atoms with Gasteiger partial charge in [-0.2, -0.15) is 0 Å². The molecule has 0 saturated heterocycles. The highest BCUT2D eigenvalue weighted by Gasteiger charge is 2.18. The smallest absolute Gasteiger partial charge is 0.258 e. The Hall–Kier alpha value is -2.87. The number of sulfonamides is 1. The standard InChI is InChI=1S/C24H25ClN2O4S/c1-17(20-8-10-21(25)11-9-20)26-24(28)16-31-22-12-14-23(15-13-22)32(29,30)27-18(2)19-6-4-3-5-7-19/h3-15,17-18,27H,16H2,1-2H3,(H,26,28)/t17-,18-/m1/s1. The molecule has 0 aliphatic rings. The minimum atomic E-state index is -3.70. The minimum absolute atomic E-state index is 0.119. The van der Waals surface area contributed by atoms with Crippen molar-refractivity contribution < 1.29 is 17.9 Å². The van der Waals surface area contributed by atoms with Gasteiger partial charge in [-0.05, 0) is 61.4 Å². The first kappa shape index (κ1) is 23.8. The van der Waals surface area contributed by atoms with E-state index in [4.69, 9.17) is 16.3 Å². The molecule has 0 bridgehead atoms. The van der Waals surface area contributed by atoms with E-state index < -0.39 is 10.0 Å². The van der Waals surface area contributed by atoms with Gasteiger partial charge in [0, 0.05) is 11.1 Å². The number of hydrogen-bond donors (Lipinski definition) is 2. The van der Waals surface area contributed by atoms with Gasteiger partial charge in [0.25, 0.3) is 5.91 Å². The Morgan fingerprint density at radius 3 is 2.09 bits per heavy atom. The number of ether oxygens (including phenoxy) is 1. The third kappa shape index (κ3) is 6.56. The number of hydrogen-bond acceptors (Lipinski definition) is 4. The molecule has 0 aromatic heterocycles. The van der Waals surface area contributed by atoms with Gasteiger partial charge >= 0.3 is 0 Å². The fourth-order valence-electron chi connectivity index (χ4n) is 3.09. The van der Waals surface area contributed by atoms with E-state index in [1.54, 1.807) is 19.1 Å². The lowest BCUT2D eigenvalue weighted by atomic mass is 10.1. The third-order valence-electron chi connectivity index (χ3n) is 4.88. The summed E-state index contributed by atoms with van der Waals surface area (Å²) in [6.07, 6.45) is 0. The number of carbonyl (C=O) groups excluding carboxylic acids is 1. The van der Waals surface area contributed by atoms with E-state index in [1.165, 1.54) is 24.3 Å². The lowest BCUT2D eigenvalue weighted by Gasteiger charge is -2.16. The number of amides is 1. The Bertz CT molecular complexity index is 1130. The Morgan fingerprint density at radius 1 is 0.875 bits per heavy atom. The number of benzene rings is 3. The highest BCUT2D eigenvalue weighted by molar-refractivity contribution is 7.89. The second-order valence-electron chi connectivity index (χ2n) is 7.35. The molecule has 32 heavy (non-hydrogen) atoms. The summed E-state index contributed by atoms with van der Waals surface area (Å²) >= 11 is 5.88. The van der Waals surface area contributed by atoms with Crippen LogP contribution in [0.15, 0.2) is 83.8 Å². The fraction of sp³-hybridized carbons (Fsp3) is 0.208. The maximum absolute atomic E-state index is 12.6. The van der Waals surface area contributed by atoms with Crippen molar-refractivity contribution in [2.75, 3.05) is 6.61 Å². The molecule has 0 aliphatic heterocycles. The maximum atomic E-state index is 12.6. The van der Waals surface area contributed by atoms with Crippen LogP contribution in [0.3, 0.4) is 0 Å². The molecule has 0 aliphatic carbocycles. The molecule has 0 fully saturated rings. The molecule has 0 unspecified atom stereocenters. The maximum Gasteiger partial charge on any atom is 0.258 e. The number of carbonyl (C=O) groups is 1. The summed E-state index contributed by atoms with van der Waals surface area (Å²) < 4.78 is 33.4. The van der Waals surface area contributed by atoms with Crippen LogP contribution in [0.2, 0.25) is 5.02 Å². The van der Waals surface area contributed by atoms with E-state index in [2.05, 4.69) is 10.0 Å². The lowest BCUT2D eigenvalue weighted by Crippen LogP contribution is -2.31. The lowest BCUT2D eigenvalue weighted by molar-refractivity contribution is -0.123. The molecular formula is C24H25ClN2O4S. The third-order valence-corrected chi connectivity index (χ3v) is 6.69. The SMILES string of the molecule is C[C@@H](NC(=O)COc1ccc(S(=O)(=O)N[C@H](C)c2ccccc2)cc1)c1ccc(Cl)cc1. The van der Waals surface area contributed by atoms with Crippen molar-refractivity contribution in [2.24, 2.45) is 0 Å². The zero-order chi connectivity index (χ0) is 23.1. The Kier molecular flexibility index (Phi) is 7.90. The molecule has 3 aromatic carbocycles. The quantitative estimate of drug-likeness (QED) is 0.475. The van der Waals surface area contributed by atoms with E-state index in [9.17, 15) is 13.2 Å².